The average Bonchev–Trinajstić information content (AvgIpc) is 3.15. The molecule has 1 amide bonds. The normalized spacial score (nSPS) is 31.8. The zero-order valence-electron chi connectivity index (χ0n) is 12.9. The van der Waals surface area contributed by atoms with Gasteiger partial charge in [0.1, 0.15) is 0 Å². The lowest BCUT2D eigenvalue weighted by Gasteiger charge is -2.40. The number of amides is 1. The van der Waals surface area contributed by atoms with E-state index in [0.717, 1.165) is 64.3 Å². The Morgan fingerprint density at radius 3 is 2.55 bits per heavy atom. The lowest BCUT2D eigenvalue weighted by molar-refractivity contribution is -0.140. The van der Waals surface area contributed by atoms with Gasteiger partial charge >= 0.3 is 0 Å². The maximum Gasteiger partial charge on any atom is 0.242 e. The van der Waals surface area contributed by atoms with E-state index in [-0.39, 0.29) is 5.54 Å². The van der Waals surface area contributed by atoms with Gasteiger partial charge < -0.3 is 10.2 Å². The molecule has 3 aliphatic rings. The summed E-state index contributed by atoms with van der Waals surface area (Å²) >= 11 is 0. The number of nitrogens with zero attached hydrogens (tertiary/aromatic N) is 2. The van der Waals surface area contributed by atoms with Crippen molar-refractivity contribution in [2.75, 3.05) is 39.3 Å². The van der Waals surface area contributed by atoms with Crippen LogP contribution in [0.4, 0.5) is 0 Å². The summed E-state index contributed by atoms with van der Waals surface area (Å²) in [5.74, 6) is 1.34. The third-order valence-electron chi connectivity index (χ3n) is 5.20. The van der Waals surface area contributed by atoms with Crippen LogP contribution < -0.4 is 5.32 Å². The Kier molecular flexibility index (Phi) is 4.32. The lowest BCUT2D eigenvalue weighted by Crippen LogP contribution is -2.59. The summed E-state index contributed by atoms with van der Waals surface area (Å²) in [5, 5.41) is 3.52. The van der Waals surface area contributed by atoms with Gasteiger partial charge in [-0.3, -0.25) is 9.69 Å². The first-order valence-corrected chi connectivity index (χ1v) is 8.50. The molecule has 2 saturated heterocycles. The number of rotatable bonds is 5. The van der Waals surface area contributed by atoms with Crippen LogP contribution in [0.1, 0.15) is 45.4 Å². The number of hydrogen-bond acceptors (Lipinski definition) is 3. The molecule has 0 spiro atoms. The SMILES string of the molecule is CCCC1(C(=O)N2CCN(CC3CC3)CC2)CCCN1. The minimum atomic E-state index is -0.229. The first-order valence-electron chi connectivity index (χ1n) is 8.50. The molecule has 114 valence electrons. The maximum atomic E-state index is 12.9. The van der Waals surface area contributed by atoms with Gasteiger partial charge in [-0.15, -0.1) is 0 Å². The van der Waals surface area contributed by atoms with Gasteiger partial charge in [-0.1, -0.05) is 13.3 Å². The molecule has 0 aromatic heterocycles. The fraction of sp³-hybridized carbons (Fsp3) is 0.938. The fourth-order valence-corrected chi connectivity index (χ4v) is 3.84. The average molecular weight is 279 g/mol. The second-order valence-corrected chi connectivity index (χ2v) is 6.90. The summed E-state index contributed by atoms with van der Waals surface area (Å²) in [6.45, 7) is 8.46. The highest BCUT2D eigenvalue weighted by atomic mass is 16.2. The molecule has 4 heteroatoms. The highest BCUT2D eigenvalue weighted by molar-refractivity contribution is 5.87. The Bertz CT molecular complexity index is 340. The second-order valence-electron chi connectivity index (χ2n) is 6.90. The van der Waals surface area contributed by atoms with E-state index < -0.39 is 0 Å². The molecule has 0 aromatic carbocycles. The molecule has 1 N–H and O–H groups in total. The van der Waals surface area contributed by atoms with Crippen molar-refractivity contribution >= 4 is 5.91 Å². The number of nitrogens with one attached hydrogen (secondary N) is 1. The summed E-state index contributed by atoms with van der Waals surface area (Å²) in [7, 11) is 0. The molecular weight excluding hydrogens is 250 g/mol. The molecule has 3 rings (SSSR count). The van der Waals surface area contributed by atoms with Crippen LogP contribution in [0, 0.1) is 5.92 Å². The zero-order chi connectivity index (χ0) is 14.0. The van der Waals surface area contributed by atoms with Crippen molar-refractivity contribution in [2.45, 2.75) is 51.0 Å². The van der Waals surface area contributed by atoms with E-state index >= 15 is 0 Å². The van der Waals surface area contributed by atoms with E-state index in [1.54, 1.807) is 0 Å². The first-order chi connectivity index (χ1) is 9.73. The molecule has 0 bridgehead atoms. The van der Waals surface area contributed by atoms with Gasteiger partial charge in [0.15, 0.2) is 0 Å². The Morgan fingerprint density at radius 1 is 1.25 bits per heavy atom. The van der Waals surface area contributed by atoms with E-state index in [9.17, 15) is 4.79 Å². The van der Waals surface area contributed by atoms with Gasteiger partial charge in [-0.25, -0.2) is 0 Å². The second kappa shape index (κ2) is 6.02. The van der Waals surface area contributed by atoms with E-state index in [1.807, 2.05) is 0 Å². The van der Waals surface area contributed by atoms with Crippen LogP contribution in [0.3, 0.4) is 0 Å². The van der Waals surface area contributed by atoms with Crippen molar-refractivity contribution in [1.29, 1.82) is 0 Å². The van der Waals surface area contributed by atoms with E-state index in [0.29, 0.717) is 5.91 Å². The molecule has 1 unspecified atom stereocenters. The molecular formula is C16H29N3O. The highest BCUT2D eigenvalue weighted by Crippen LogP contribution is 2.31. The molecule has 2 aliphatic heterocycles. The topological polar surface area (TPSA) is 35.6 Å². The van der Waals surface area contributed by atoms with Gasteiger partial charge in [0, 0.05) is 32.7 Å². The fourth-order valence-electron chi connectivity index (χ4n) is 3.84. The minimum Gasteiger partial charge on any atom is -0.339 e. The Hall–Kier alpha value is -0.610. The van der Waals surface area contributed by atoms with Gasteiger partial charge in [0.2, 0.25) is 5.91 Å². The van der Waals surface area contributed by atoms with Crippen molar-refractivity contribution in [3.63, 3.8) is 0 Å². The van der Waals surface area contributed by atoms with Crippen LogP contribution >= 0.6 is 0 Å². The highest BCUT2D eigenvalue weighted by Gasteiger charge is 2.43. The summed E-state index contributed by atoms with van der Waals surface area (Å²) in [4.78, 5) is 17.6. The van der Waals surface area contributed by atoms with Crippen molar-refractivity contribution in [2.24, 2.45) is 5.92 Å². The van der Waals surface area contributed by atoms with Crippen LogP contribution in [0.2, 0.25) is 0 Å². The van der Waals surface area contributed by atoms with Crippen LogP contribution in [-0.2, 0) is 4.79 Å². The molecule has 20 heavy (non-hydrogen) atoms. The number of hydrogen-bond donors (Lipinski definition) is 1. The van der Waals surface area contributed by atoms with Crippen molar-refractivity contribution in [1.82, 2.24) is 15.1 Å². The van der Waals surface area contributed by atoms with Crippen LogP contribution in [0.15, 0.2) is 0 Å². The molecule has 0 aromatic rings. The largest absolute Gasteiger partial charge is 0.339 e. The maximum absolute atomic E-state index is 12.9. The zero-order valence-corrected chi connectivity index (χ0v) is 12.9. The number of carbonyl (C=O) groups excluding carboxylic acids is 1. The quantitative estimate of drug-likeness (QED) is 0.827. The monoisotopic (exact) mass is 279 g/mol. The first kappa shape index (κ1) is 14.3. The molecule has 4 nitrogen and oxygen atoms in total. The van der Waals surface area contributed by atoms with Crippen molar-refractivity contribution in [3.8, 4) is 0 Å². The van der Waals surface area contributed by atoms with Crippen LogP contribution in [-0.4, -0.2) is 60.5 Å². The van der Waals surface area contributed by atoms with Crippen LogP contribution in [0.25, 0.3) is 0 Å². The van der Waals surface area contributed by atoms with E-state index in [2.05, 4.69) is 22.0 Å². The number of carbonyl (C=O) groups is 1. The summed E-state index contributed by atoms with van der Waals surface area (Å²) in [5.41, 5.74) is -0.229. The van der Waals surface area contributed by atoms with Crippen molar-refractivity contribution < 1.29 is 4.79 Å². The van der Waals surface area contributed by atoms with Crippen molar-refractivity contribution in [3.05, 3.63) is 0 Å². The third kappa shape index (κ3) is 3.01. The molecule has 0 radical (unpaired) electrons. The molecule has 1 atom stereocenters. The Morgan fingerprint density at radius 2 is 2.00 bits per heavy atom. The lowest BCUT2D eigenvalue weighted by atomic mass is 9.90. The predicted octanol–water partition coefficient (Wildman–Crippen LogP) is 1.46. The molecule has 2 heterocycles. The van der Waals surface area contributed by atoms with E-state index in [1.165, 1.54) is 19.4 Å². The minimum absolute atomic E-state index is 0.229. The smallest absolute Gasteiger partial charge is 0.242 e. The Labute approximate surface area is 122 Å². The Balaban J connectivity index is 1.54. The van der Waals surface area contributed by atoms with Gasteiger partial charge in [-0.05, 0) is 44.6 Å². The third-order valence-corrected chi connectivity index (χ3v) is 5.20. The summed E-state index contributed by atoms with van der Waals surface area (Å²) < 4.78 is 0. The van der Waals surface area contributed by atoms with Gasteiger partial charge in [-0.2, -0.15) is 0 Å². The van der Waals surface area contributed by atoms with Gasteiger partial charge in [0.25, 0.3) is 0 Å². The molecule has 1 aliphatic carbocycles. The number of piperazine rings is 1. The van der Waals surface area contributed by atoms with E-state index in [4.69, 9.17) is 0 Å². The standard InChI is InChI=1S/C16H29N3O/c1-2-6-16(7-3-8-17-16)15(20)19-11-9-18(10-12-19)13-14-4-5-14/h14,17H,2-13H2,1H3. The van der Waals surface area contributed by atoms with Crippen LogP contribution in [0.5, 0.6) is 0 Å². The molecule has 1 saturated carbocycles. The summed E-state index contributed by atoms with van der Waals surface area (Å²) in [6.07, 6.45) is 7.09. The summed E-state index contributed by atoms with van der Waals surface area (Å²) in [6, 6.07) is 0. The predicted molar refractivity (Wildman–Crippen MR) is 80.6 cm³/mol. The molecule has 3 fully saturated rings. The van der Waals surface area contributed by atoms with Gasteiger partial charge in [0.05, 0.1) is 5.54 Å².